The van der Waals surface area contributed by atoms with Gasteiger partial charge < -0.3 is 46.6 Å². The first-order chi connectivity index (χ1) is 46.8. The maximum atomic E-state index is 12.6. The first kappa shape index (κ1) is 70.3. The maximum Gasteiger partial charge on any atom is 0.267 e. The zero-order valence-corrected chi connectivity index (χ0v) is 58.1. The number of nitrogens with zero attached hydrogens (tertiary/aromatic N) is 12. The van der Waals surface area contributed by atoms with Crippen molar-refractivity contribution in [3.8, 4) is 0 Å². The van der Waals surface area contributed by atoms with E-state index in [0.717, 1.165) is 80.7 Å². The SMILES string of the molecule is C=CC(=O)N1CCC(Cn2ccc(Nc3ncc(C(=O)Nc4c(C)cccc4Cl)s3)n2)C1.C=CC(=O)N1CCC(n2cc(Nc3ncc(C(=O)Nc4c(C)cccc4Cl)s3)cn2)CC1.C=CC(=O)N1CCCC(Cn2ccc(Nc3ncc(C(=O)Nc4c(C)cccc4Cl)s3)n2)C1. The van der Waals surface area contributed by atoms with Crippen molar-refractivity contribution in [2.45, 2.75) is 72.0 Å². The molecule has 0 aliphatic carbocycles. The number of hydrogen-bond acceptors (Lipinski definition) is 18. The number of amides is 6. The minimum atomic E-state index is -0.267. The molecule has 9 heterocycles. The Bertz CT molecular complexity index is 4260. The summed E-state index contributed by atoms with van der Waals surface area (Å²) in [5.74, 6) is 1.13. The molecule has 24 nitrogen and oxygen atoms in total. The summed E-state index contributed by atoms with van der Waals surface area (Å²) in [5.41, 5.74) is 5.25. The molecule has 3 aliphatic heterocycles. The van der Waals surface area contributed by atoms with Crippen molar-refractivity contribution >= 4 is 154 Å². The van der Waals surface area contributed by atoms with Gasteiger partial charge in [0.1, 0.15) is 14.6 Å². The van der Waals surface area contributed by atoms with Crippen LogP contribution in [0.4, 0.5) is 49.8 Å². The molecule has 30 heteroatoms. The molecule has 3 saturated heterocycles. The number of benzene rings is 3. The van der Waals surface area contributed by atoms with E-state index in [-0.39, 0.29) is 41.5 Å². The molecule has 12 rings (SSSR count). The Kier molecular flexibility index (Phi) is 23.9. The number of rotatable bonds is 20. The fourth-order valence-electron chi connectivity index (χ4n) is 11.1. The van der Waals surface area contributed by atoms with Crippen molar-refractivity contribution < 1.29 is 28.8 Å². The molecule has 504 valence electrons. The summed E-state index contributed by atoms with van der Waals surface area (Å²) in [6.07, 6.45) is 20.8. The predicted octanol–water partition coefficient (Wildman–Crippen LogP) is 13.7. The molecule has 6 amide bonds. The Hall–Kier alpha value is -9.51. The number of halogens is 3. The van der Waals surface area contributed by atoms with Crippen molar-refractivity contribution in [1.29, 1.82) is 0 Å². The third-order valence-electron chi connectivity index (χ3n) is 16.2. The van der Waals surface area contributed by atoms with Crippen LogP contribution in [0.25, 0.3) is 0 Å². The third kappa shape index (κ3) is 18.7. The number of carbonyl (C=O) groups excluding carboxylic acids is 6. The lowest BCUT2D eigenvalue weighted by Crippen LogP contribution is -2.40. The van der Waals surface area contributed by atoms with Gasteiger partial charge in [-0.2, -0.15) is 15.3 Å². The lowest BCUT2D eigenvalue weighted by atomic mass is 9.98. The number of thiazole rings is 3. The molecule has 2 unspecified atom stereocenters. The molecule has 97 heavy (non-hydrogen) atoms. The van der Waals surface area contributed by atoms with E-state index >= 15 is 0 Å². The number of carbonyl (C=O) groups is 6. The lowest BCUT2D eigenvalue weighted by molar-refractivity contribution is -0.128. The first-order valence-corrected chi connectivity index (χ1v) is 34.6. The lowest BCUT2D eigenvalue weighted by Gasteiger charge is -2.32. The number of likely N-dealkylation sites (tertiary alicyclic amines) is 3. The summed E-state index contributed by atoms with van der Waals surface area (Å²) in [7, 11) is 0. The van der Waals surface area contributed by atoms with Gasteiger partial charge in [0.15, 0.2) is 27.0 Å². The summed E-state index contributed by atoms with van der Waals surface area (Å²) >= 11 is 22.3. The van der Waals surface area contributed by atoms with Crippen molar-refractivity contribution in [1.82, 2.24) is 59.0 Å². The standard InChI is InChI=1S/C23H25ClN6O2S.2C22H23ClN6O2S/c1-3-20(31)29-10-5-7-16(13-29)14-30-11-9-19(28-30)26-23-25-12-18(33-23)22(32)27-21-15(2)6-4-8-17(21)24;1-3-19(30)28-9-7-16(8-10-28)29-13-15(11-25-29)26-22-24-12-18(32-22)21(31)27-20-14(2)5-4-6-17(20)23;1-3-19(30)28-9-7-15(12-28)13-29-10-8-18(27-29)25-22-24-11-17(32-22)21(31)26-20-14(2)5-4-6-16(20)23/h3-4,6,8-9,11-12,16H,1,5,7,10,13-14H2,2H3,(H,27,32)(H,25,26,28);3-6,11-13,16H,1,7-10H2,2H3,(H,24,26)(H,27,31);3-6,8,10-11,15H,1,7,9,12-13H2,2H3,(H,26,31)(H,24,25,27). The second-order valence-corrected chi connectivity index (χ2v) is 27.4. The van der Waals surface area contributed by atoms with Gasteiger partial charge in [0.05, 0.1) is 68.6 Å². The van der Waals surface area contributed by atoms with Gasteiger partial charge in [-0.25, -0.2) is 15.0 Å². The van der Waals surface area contributed by atoms with E-state index in [4.69, 9.17) is 34.8 Å². The van der Waals surface area contributed by atoms with E-state index < -0.39 is 0 Å². The van der Waals surface area contributed by atoms with Crippen molar-refractivity contribution in [3.05, 3.63) is 194 Å². The Morgan fingerprint density at radius 3 is 1.35 bits per heavy atom. The van der Waals surface area contributed by atoms with Crippen LogP contribution in [0.5, 0.6) is 0 Å². The van der Waals surface area contributed by atoms with E-state index in [2.05, 4.69) is 81.9 Å². The van der Waals surface area contributed by atoms with Crippen LogP contribution in [0.15, 0.2) is 148 Å². The van der Waals surface area contributed by atoms with Crippen molar-refractivity contribution in [2.24, 2.45) is 11.8 Å². The van der Waals surface area contributed by atoms with E-state index in [1.54, 1.807) is 29.3 Å². The molecule has 0 saturated carbocycles. The van der Waals surface area contributed by atoms with E-state index in [9.17, 15) is 28.8 Å². The molecule has 6 aromatic heterocycles. The fraction of sp³-hybridized carbons (Fsp3) is 0.284. The molecule has 2 atom stereocenters. The smallest absolute Gasteiger partial charge is 0.267 e. The zero-order chi connectivity index (χ0) is 68.7. The van der Waals surface area contributed by atoms with Crippen LogP contribution in [-0.2, 0) is 27.5 Å². The highest BCUT2D eigenvalue weighted by molar-refractivity contribution is 7.18. The van der Waals surface area contributed by atoms with Crippen LogP contribution in [0.1, 0.15) is 83.9 Å². The van der Waals surface area contributed by atoms with Gasteiger partial charge >= 0.3 is 0 Å². The quantitative estimate of drug-likeness (QED) is 0.0387. The Labute approximate surface area is 587 Å². The largest absolute Gasteiger partial charge is 0.339 e. The van der Waals surface area contributed by atoms with Crippen molar-refractivity contribution in [3.63, 3.8) is 0 Å². The number of para-hydroxylation sites is 3. The molecule has 0 bridgehead atoms. The van der Waals surface area contributed by atoms with Crippen LogP contribution in [-0.4, -0.2) is 134 Å². The average Bonchev–Trinajstić information content (AvgIpc) is 1.45. The summed E-state index contributed by atoms with van der Waals surface area (Å²) in [5, 5.41) is 34.8. The molecule has 0 radical (unpaired) electrons. The van der Waals surface area contributed by atoms with E-state index in [1.807, 2.05) is 112 Å². The molecule has 6 N–H and O–H groups in total. The number of hydrogen-bond donors (Lipinski definition) is 6. The number of aromatic nitrogens is 9. The molecular formula is C67H71Cl3N18O6S3. The van der Waals surface area contributed by atoms with Crippen LogP contribution < -0.4 is 31.9 Å². The summed E-state index contributed by atoms with van der Waals surface area (Å²) in [6.45, 7) is 22.1. The number of anilines is 9. The number of piperidine rings is 2. The van der Waals surface area contributed by atoms with Gasteiger partial charge in [0.25, 0.3) is 17.7 Å². The normalized spacial score (nSPS) is 15.2. The highest BCUT2D eigenvalue weighted by Gasteiger charge is 2.28. The second-order valence-electron chi connectivity index (χ2n) is 23.1. The Morgan fingerprint density at radius 1 is 0.515 bits per heavy atom. The van der Waals surface area contributed by atoms with Crippen LogP contribution in [0.3, 0.4) is 0 Å². The maximum absolute atomic E-state index is 12.6. The molecular weight excluding hydrogens is 1360 g/mol. The Morgan fingerprint density at radius 2 is 0.918 bits per heavy atom. The average molecular weight is 1430 g/mol. The van der Waals surface area contributed by atoms with Gasteiger partial charge in [-0.3, -0.25) is 42.8 Å². The molecule has 0 spiro atoms. The van der Waals surface area contributed by atoms with Crippen LogP contribution in [0, 0.1) is 32.6 Å². The number of aryl methyl sites for hydroxylation is 3. The van der Waals surface area contributed by atoms with Gasteiger partial charge in [-0.15, -0.1) is 0 Å². The van der Waals surface area contributed by atoms with Crippen LogP contribution in [0.2, 0.25) is 15.1 Å². The molecule has 3 aromatic carbocycles. The molecule has 9 aromatic rings. The minimum absolute atomic E-state index is 0.0178. The molecule has 3 aliphatic rings. The molecule has 3 fully saturated rings. The second kappa shape index (κ2) is 33.0. The van der Waals surface area contributed by atoms with Crippen molar-refractivity contribution in [2.75, 3.05) is 71.2 Å². The zero-order valence-electron chi connectivity index (χ0n) is 53.3. The van der Waals surface area contributed by atoms with E-state index in [0.29, 0.717) is 112 Å². The van der Waals surface area contributed by atoms with Gasteiger partial charge in [-0.1, -0.05) is 125 Å². The predicted molar refractivity (Wildman–Crippen MR) is 385 cm³/mol. The topological polar surface area (TPSA) is 276 Å². The number of nitrogens with one attached hydrogen (secondary N) is 6. The van der Waals surface area contributed by atoms with Gasteiger partial charge in [-0.05, 0) is 118 Å². The summed E-state index contributed by atoms with van der Waals surface area (Å²) in [4.78, 5) is 92.9. The minimum Gasteiger partial charge on any atom is -0.339 e. The fourth-order valence-corrected chi connectivity index (χ4v) is 14.1. The summed E-state index contributed by atoms with van der Waals surface area (Å²) < 4.78 is 5.64. The summed E-state index contributed by atoms with van der Waals surface area (Å²) in [6, 6.07) is 20.3. The highest BCUT2D eigenvalue weighted by atomic mass is 35.5. The van der Waals surface area contributed by atoms with Gasteiger partial charge in [0, 0.05) is 83.1 Å². The van der Waals surface area contributed by atoms with E-state index in [1.165, 1.54) is 70.8 Å². The highest BCUT2D eigenvalue weighted by Crippen LogP contribution is 2.33. The third-order valence-corrected chi connectivity index (χ3v) is 19.8. The van der Waals surface area contributed by atoms with Gasteiger partial charge in [0.2, 0.25) is 17.7 Å². The first-order valence-electron chi connectivity index (χ1n) is 31.0. The monoisotopic (exact) mass is 1420 g/mol. The van der Waals surface area contributed by atoms with Crippen LogP contribution >= 0.6 is 68.8 Å². The Balaban J connectivity index is 0.000000158.